The first-order valence-corrected chi connectivity index (χ1v) is 3.93. The molecule has 0 aromatic carbocycles. The number of aliphatic hydroxyl groups is 1. The van der Waals surface area contributed by atoms with Crippen LogP contribution in [-0.2, 0) is 4.79 Å². The van der Waals surface area contributed by atoms with Gasteiger partial charge in [0.15, 0.2) is 0 Å². The second-order valence-electron chi connectivity index (χ2n) is 2.67. The molecule has 0 bridgehead atoms. The summed E-state index contributed by atoms with van der Waals surface area (Å²) in [6.45, 7) is 3.18. The number of carbonyl (C=O) groups is 1. The molecule has 4 nitrogen and oxygen atoms in total. The van der Waals surface area contributed by atoms with Crippen molar-refractivity contribution in [3.63, 3.8) is 0 Å². The van der Waals surface area contributed by atoms with Crippen molar-refractivity contribution in [2.75, 3.05) is 32.8 Å². The van der Waals surface area contributed by atoms with Gasteiger partial charge >= 0.3 is 0 Å². The van der Waals surface area contributed by atoms with Gasteiger partial charge in [0.1, 0.15) is 0 Å². The molecule has 0 saturated carbocycles. The van der Waals surface area contributed by atoms with Crippen molar-refractivity contribution in [3.8, 4) is 0 Å². The van der Waals surface area contributed by atoms with Crippen LogP contribution in [0, 0.1) is 0 Å². The summed E-state index contributed by atoms with van der Waals surface area (Å²) in [7, 11) is 0. The van der Waals surface area contributed by atoms with E-state index in [0.29, 0.717) is 19.5 Å². The Labute approximate surface area is 66.2 Å². The first kappa shape index (κ1) is 8.49. The van der Waals surface area contributed by atoms with Crippen molar-refractivity contribution in [2.45, 2.75) is 6.42 Å². The van der Waals surface area contributed by atoms with Crippen molar-refractivity contribution in [2.24, 2.45) is 0 Å². The van der Waals surface area contributed by atoms with E-state index in [-0.39, 0.29) is 12.5 Å². The Balaban J connectivity index is 2.28. The van der Waals surface area contributed by atoms with Gasteiger partial charge < -0.3 is 10.4 Å². The summed E-state index contributed by atoms with van der Waals surface area (Å²) < 4.78 is 0. The van der Waals surface area contributed by atoms with Crippen LogP contribution in [0.4, 0.5) is 0 Å². The van der Waals surface area contributed by atoms with Crippen LogP contribution in [0.2, 0.25) is 0 Å². The molecule has 0 radical (unpaired) electrons. The van der Waals surface area contributed by atoms with Crippen molar-refractivity contribution >= 4 is 5.91 Å². The minimum atomic E-state index is 0.116. The zero-order valence-corrected chi connectivity index (χ0v) is 6.55. The smallest absolute Gasteiger partial charge is 0.221 e. The first-order valence-electron chi connectivity index (χ1n) is 3.93. The van der Waals surface area contributed by atoms with Crippen LogP contribution in [0.5, 0.6) is 0 Å². The van der Waals surface area contributed by atoms with Crippen LogP contribution in [0.3, 0.4) is 0 Å². The Morgan fingerprint density at radius 2 is 2.36 bits per heavy atom. The van der Waals surface area contributed by atoms with Crippen LogP contribution in [0.1, 0.15) is 6.42 Å². The van der Waals surface area contributed by atoms with E-state index in [9.17, 15) is 4.79 Å². The zero-order chi connectivity index (χ0) is 8.10. The highest BCUT2D eigenvalue weighted by Gasteiger charge is 2.11. The maximum Gasteiger partial charge on any atom is 0.221 e. The fourth-order valence-electron chi connectivity index (χ4n) is 1.18. The third-order valence-corrected chi connectivity index (χ3v) is 1.82. The lowest BCUT2D eigenvalue weighted by Crippen LogP contribution is -2.30. The normalized spacial score (nSPS) is 21.0. The number of nitrogens with one attached hydrogen (secondary N) is 1. The van der Waals surface area contributed by atoms with Gasteiger partial charge in [0, 0.05) is 32.6 Å². The predicted molar refractivity (Wildman–Crippen MR) is 41.2 cm³/mol. The standard InChI is InChI=1S/C7H14N2O2/c10-6-5-9-3-1-7(11)8-2-4-9/h10H,1-6H2,(H,8,11). The Bertz CT molecular complexity index is 138. The molecule has 11 heavy (non-hydrogen) atoms. The maximum absolute atomic E-state index is 10.8. The second kappa shape index (κ2) is 4.31. The van der Waals surface area contributed by atoms with E-state index in [2.05, 4.69) is 10.2 Å². The summed E-state index contributed by atoms with van der Waals surface area (Å²) in [4.78, 5) is 12.9. The highest BCUT2D eigenvalue weighted by molar-refractivity contribution is 5.76. The molecule has 0 spiro atoms. The van der Waals surface area contributed by atoms with Gasteiger partial charge in [-0.15, -0.1) is 0 Å². The third-order valence-electron chi connectivity index (χ3n) is 1.82. The Morgan fingerprint density at radius 1 is 1.55 bits per heavy atom. The second-order valence-corrected chi connectivity index (χ2v) is 2.67. The van der Waals surface area contributed by atoms with Gasteiger partial charge in [-0.1, -0.05) is 0 Å². The quantitative estimate of drug-likeness (QED) is 0.531. The van der Waals surface area contributed by atoms with Gasteiger partial charge in [-0.05, 0) is 0 Å². The minimum Gasteiger partial charge on any atom is -0.395 e. The van der Waals surface area contributed by atoms with E-state index in [1.165, 1.54) is 0 Å². The lowest BCUT2D eigenvalue weighted by molar-refractivity contribution is -0.120. The van der Waals surface area contributed by atoms with Crippen molar-refractivity contribution < 1.29 is 9.90 Å². The molecule has 0 aromatic heterocycles. The molecule has 0 atom stereocenters. The van der Waals surface area contributed by atoms with E-state index < -0.39 is 0 Å². The summed E-state index contributed by atoms with van der Waals surface area (Å²) in [6.07, 6.45) is 0.556. The number of hydrogen-bond donors (Lipinski definition) is 2. The van der Waals surface area contributed by atoms with Crippen molar-refractivity contribution in [3.05, 3.63) is 0 Å². The molecule has 1 amide bonds. The van der Waals surface area contributed by atoms with Gasteiger partial charge in [-0.25, -0.2) is 0 Å². The van der Waals surface area contributed by atoms with Crippen LogP contribution in [-0.4, -0.2) is 48.7 Å². The minimum absolute atomic E-state index is 0.116. The predicted octanol–water partition coefficient (Wildman–Crippen LogP) is -1.20. The van der Waals surface area contributed by atoms with Crippen LogP contribution < -0.4 is 5.32 Å². The summed E-state index contributed by atoms with van der Waals surface area (Å²) >= 11 is 0. The Hall–Kier alpha value is -0.610. The number of nitrogens with zero attached hydrogens (tertiary/aromatic N) is 1. The first-order chi connectivity index (χ1) is 5.33. The van der Waals surface area contributed by atoms with E-state index in [4.69, 9.17) is 5.11 Å². The van der Waals surface area contributed by atoms with Crippen LogP contribution in [0.25, 0.3) is 0 Å². The molecular weight excluding hydrogens is 144 g/mol. The topological polar surface area (TPSA) is 52.6 Å². The molecule has 2 N–H and O–H groups in total. The summed E-state index contributed by atoms with van der Waals surface area (Å²) in [5.74, 6) is 0.116. The summed E-state index contributed by atoms with van der Waals surface area (Å²) in [5, 5.41) is 11.4. The van der Waals surface area contributed by atoms with Crippen LogP contribution >= 0.6 is 0 Å². The molecule has 0 aliphatic carbocycles. The fraction of sp³-hybridized carbons (Fsp3) is 0.857. The van der Waals surface area contributed by atoms with Crippen molar-refractivity contribution in [1.29, 1.82) is 0 Å². The fourth-order valence-corrected chi connectivity index (χ4v) is 1.18. The van der Waals surface area contributed by atoms with E-state index in [0.717, 1.165) is 13.1 Å². The average molecular weight is 158 g/mol. The molecule has 1 aliphatic heterocycles. The van der Waals surface area contributed by atoms with E-state index >= 15 is 0 Å². The number of β-amino-alcohol motifs (C(OH)–C–C–N with tert-alkyl or cyclic N) is 1. The molecule has 4 heteroatoms. The molecule has 1 heterocycles. The van der Waals surface area contributed by atoms with Gasteiger partial charge in [-0.2, -0.15) is 0 Å². The molecule has 0 unspecified atom stereocenters. The molecule has 64 valence electrons. The van der Waals surface area contributed by atoms with Crippen LogP contribution in [0.15, 0.2) is 0 Å². The average Bonchev–Trinajstić information content (AvgIpc) is 2.17. The van der Waals surface area contributed by atoms with E-state index in [1.807, 2.05) is 0 Å². The number of aliphatic hydroxyl groups excluding tert-OH is 1. The Kier molecular flexibility index (Phi) is 3.32. The van der Waals surface area contributed by atoms with Gasteiger partial charge in [0.2, 0.25) is 5.91 Å². The number of hydrogen-bond acceptors (Lipinski definition) is 3. The maximum atomic E-state index is 10.8. The number of carbonyl (C=O) groups excluding carboxylic acids is 1. The lowest BCUT2D eigenvalue weighted by atomic mass is 10.4. The monoisotopic (exact) mass is 158 g/mol. The Morgan fingerprint density at radius 3 is 3.09 bits per heavy atom. The van der Waals surface area contributed by atoms with Gasteiger partial charge in [0.25, 0.3) is 0 Å². The number of amides is 1. The molecule has 1 saturated heterocycles. The largest absolute Gasteiger partial charge is 0.395 e. The summed E-state index contributed by atoms with van der Waals surface area (Å²) in [5.41, 5.74) is 0. The third kappa shape index (κ3) is 2.86. The highest BCUT2D eigenvalue weighted by atomic mass is 16.3. The van der Waals surface area contributed by atoms with Gasteiger partial charge in [-0.3, -0.25) is 9.69 Å². The SMILES string of the molecule is O=C1CCN(CCO)CCN1. The number of rotatable bonds is 2. The molecule has 0 aromatic rings. The van der Waals surface area contributed by atoms with Gasteiger partial charge in [0.05, 0.1) is 6.61 Å². The molecule has 1 aliphatic rings. The molecule has 1 fully saturated rings. The highest BCUT2D eigenvalue weighted by Crippen LogP contribution is 1.94. The lowest BCUT2D eigenvalue weighted by Gasteiger charge is -2.16. The molecule has 1 rings (SSSR count). The summed E-state index contributed by atoms with van der Waals surface area (Å²) in [6, 6.07) is 0. The van der Waals surface area contributed by atoms with E-state index in [1.54, 1.807) is 0 Å². The zero-order valence-electron chi connectivity index (χ0n) is 6.55. The molecular formula is C7H14N2O2. The van der Waals surface area contributed by atoms with Crippen molar-refractivity contribution in [1.82, 2.24) is 10.2 Å².